The van der Waals surface area contributed by atoms with Gasteiger partial charge in [-0.05, 0) is 23.1 Å². The van der Waals surface area contributed by atoms with Crippen LogP contribution >= 0.6 is 0 Å². The van der Waals surface area contributed by atoms with Crippen molar-refractivity contribution >= 4 is 5.65 Å². The minimum absolute atomic E-state index is 0.0182. The molecule has 2 aromatic rings. The van der Waals surface area contributed by atoms with Crippen LogP contribution in [0.3, 0.4) is 0 Å². The topological polar surface area (TPSA) is 34.4 Å². The molecule has 102 valence electrons. The van der Waals surface area contributed by atoms with Gasteiger partial charge in [-0.15, -0.1) is 0 Å². The van der Waals surface area contributed by atoms with Gasteiger partial charge in [-0.3, -0.25) is 9.20 Å². The van der Waals surface area contributed by atoms with Crippen molar-refractivity contribution in [3.8, 4) is 0 Å². The highest BCUT2D eigenvalue weighted by Crippen LogP contribution is 2.23. The summed E-state index contributed by atoms with van der Waals surface area (Å²) in [6.45, 7) is 12.7. The van der Waals surface area contributed by atoms with Gasteiger partial charge in [-0.2, -0.15) is 0 Å². The van der Waals surface area contributed by atoms with Crippen LogP contribution in [0.4, 0.5) is 0 Å². The van der Waals surface area contributed by atoms with Crippen LogP contribution in [0, 0.1) is 0 Å². The van der Waals surface area contributed by atoms with E-state index in [1.54, 1.807) is 10.5 Å². The van der Waals surface area contributed by atoms with Crippen LogP contribution in [0.25, 0.3) is 5.65 Å². The lowest BCUT2D eigenvalue weighted by molar-refractivity contribution is 0.567. The molecule has 0 atom stereocenters. The van der Waals surface area contributed by atoms with Gasteiger partial charge in [-0.25, -0.2) is 4.98 Å². The zero-order valence-corrected chi connectivity index (χ0v) is 12.6. The number of pyridine rings is 1. The smallest absolute Gasteiger partial charge is 0.256 e. The van der Waals surface area contributed by atoms with Gasteiger partial charge >= 0.3 is 0 Å². The largest absolute Gasteiger partial charge is 0.269 e. The minimum Gasteiger partial charge on any atom is -0.269 e. The van der Waals surface area contributed by atoms with E-state index in [0.717, 1.165) is 16.9 Å². The van der Waals surface area contributed by atoms with E-state index in [0.29, 0.717) is 0 Å². The maximum absolute atomic E-state index is 12.1. The highest BCUT2D eigenvalue weighted by atomic mass is 16.1. The third-order valence-corrected chi connectivity index (χ3v) is 3.30. The first-order valence-electron chi connectivity index (χ1n) is 6.63. The Morgan fingerprint density at radius 1 is 1.00 bits per heavy atom. The second-order valence-corrected chi connectivity index (χ2v) is 7.12. The fourth-order valence-corrected chi connectivity index (χ4v) is 1.96. The first kappa shape index (κ1) is 13.8. The molecule has 2 rings (SSSR count). The van der Waals surface area contributed by atoms with Crippen LogP contribution < -0.4 is 5.56 Å². The Kier molecular flexibility index (Phi) is 3.04. The average Bonchev–Trinajstić information content (AvgIpc) is 2.25. The van der Waals surface area contributed by atoms with Gasteiger partial charge in [-0.1, -0.05) is 41.5 Å². The van der Waals surface area contributed by atoms with Crippen LogP contribution in [-0.2, 0) is 10.8 Å². The Morgan fingerprint density at radius 2 is 1.63 bits per heavy atom. The van der Waals surface area contributed by atoms with Crippen LogP contribution in [0.2, 0.25) is 0 Å². The van der Waals surface area contributed by atoms with Crippen LogP contribution in [0.1, 0.15) is 52.8 Å². The summed E-state index contributed by atoms with van der Waals surface area (Å²) in [7, 11) is 0. The molecule has 0 bridgehead atoms. The normalized spacial score (nSPS) is 12.9. The average molecular weight is 258 g/mol. The summed E-state index contributed by atoms with van der Waals surface area (Å²) in [4.78, 5) is 16.8. The Bertz CT molecular complexity index is 664. The molecule has 0 aliphatic carbocycles. The molecule has 0 spiro atoms. The third-order valence-electron chi connectivity index (χ3n) is 3.30. The van der Waals surface area contributed by atoms with Crippen molar-refractivity contribution in [2.45, 2.75) is 52.4 Å². The summed E-state index contributed by atoms with van der Waals surface area (Å²) in [5.74, 6) is 0. The Morgan fingerprint density at radius 3 is 2.16 bits per heavy atom. The highest BCUT2D eigenvalue weighted by molar-refractivity contribution is 5.44. The predicted molar refractivity (Wildman–Crippen MR) is 78.9 cm³/mol. The van der Waals surface area contributed by atoms with Crippen LogP contribution in [0.15, 0.2) is 29.2 Å². The quantitative estimate of drug-likeness (QED) is 0.726. The molecule has 0 saturated heterocycles. The molecule has 19 heavy (non-hydrogen) atoms. The van der Waals surface area contributed by atoms with Crippen molar-refractivity contribution in [1.82, 2.24) is 9.38 Å². The Hall–Kier alpha value is -1.64. The molecule has 0 aliphatic heterocycles. The molecule has 0 unspecified atom stereocenters. The van der Waals surface area contributed by atoms with Gasteiger partial charge in [0.25, 0.3) is 5.56 Å². The summed E-state index contributed by atoms with van der Waals surface area (Å²) >= 11 is 0. The van der Waals surface area contributed by atoms with Crippen molar-refractivity contribution in [2.75, 3.05) is 0 Å². The SMILES string of the molecule is CC(C)(C)c1cc(=O)n2ccc(C(C)(C)C)nc2c1. The molecular weight excluding hydrogens is 236 g/mol. The number of hydrogen-bond donors (Lipinski definition) is 0. The number of nitrogens with zero attached hydrogens (tertiary/aromatic N) is 2. The Balaban J connectivity index is 2.74. The number of rotatable bonds is 0. The summed E-state index contributed by atoms with van der Waals surface area (Å²) in [5, 5.41) is 0. The van der Waals surface area contributed by atoms with Crippen molar-refractivity contribution < 1.29 is 0 Å². The molecule has 0 fully saturated rings. The second-order valence-electron chi connectivity index (χ2n) is 7.12. The third kappa shape index (κ3) is 2.70. The fourth-order valence-electron chi connectivity index (χ4n) is 1.96. The molecular formula is C16H22N2O. The molecule has 0 aromatic carbocycles. The Labute approximate surface area is 114 Å². The molecule has 0 amide bonds. The highest BCUT2D eigenvalue weighted by Gasteiger charge is 2.18. The molecule has 0 aliphatic rings. The number of aromatic nitrogens is 2. The minimum atomic E-state index is -0.0483. The fraction of sp³-hybridized carbons (Fsp3) is 0.500. The molecule has 2 heterocycles. The van der Waals surface area contributed by atoms with Gasteiger partial charge in [0.1, 0.15) is 5.65 Å². The predicted octanol–water partition coefficient (Wildman–Crippen LogP) is 3.29. The lowest BCUT2D eigenvalue weighted by atomic mass is 9.87. The lowest BCUT2D eigenvalue weighted by Crippen LogP contribution is -2.22. The summed E-state index contributed by atoms with van der Waals surface area (Å²) in [6.07, 6.45) is 1.82. The van der Waals surface area contributed by atoms with E-state index in [1.807, 2.05) is 18.3 Å². The molecule has 3 heteroatoms. The summed E-state index contributed by atoms with van der Waals surface area (Å²) < 4.78 is 1.60. The standard InChI is InChI=1S/C16H22N2O/c1-15(2,3)11-9-13-17-12(16(4,5)6)7-8-18(13)14(19)10-11/h7-10H,1-6H3. The molecule has 0 N–H and O–H groups in total. The van der Waals surface area contributed by atoms with E-state index in [1.165, 1.54) is 0 Å². The summed E-state index contributed by atoms with van der Waals surface area (Å²) in [5.41, 5.74) is 2.66. The number of fused-ring (bicyclic) bond motifs is 1. The lowest BCUT2D eigenvalue weighted by Gasteiger charge is -2.21. The number of hydrogen-bond acceptors (Lipinski definition) is 2. The van der Waals surface area contributed by atoms with Crippen molar-refractivity contribution in [1.29, 1.82) is 0 Å². The summed E-state index contributed by atoms with van der Waals surface area (Å²) in [6, 6.07) is 5.63. The van der Waals surface area contributed by atoms with Gasteiger partial charge in [0.05, 0.1) is 0 Å². The second kappa shape index (κ2) is 4.19. The van der Waals surface area contributed by atoms with Crippen LogP contribution in [-0.4, -0.2) is 9.38 Å². The van der Waals surface area contributed by atoms with E-state index in [2.05, 4.69) is 46.5 Å². The molecule has 2 aromatic heterocycles. The van der Waals surface area contributed by atoms with Crippen LogP contribution in [0.5, 0.6) is 0 Å². The van der Waals surface area contributed by atoms with E-state index >= 15 is 0 Å². The molecule has 3 nitrogen and oxygen atoms in total. The first-order valence-corrected chi connectivity index (χ1v) is 6.63. The van der Waals surface area contributed by atoms with Gasteiger partial charge in [0.15, 0.2) is 0 Å². The zero-order valence-electron chi connectivity index (χ0n) is 12.6. The van der Waals surface area contributed by atoms with Gasteiger partial charge in [0, 0.05) is 23.4 Å². The van der Waals surface area contributed by atoms with E-state index in [4.69, 9.17) is 0 Å². The monoisotopic (exact) mass is 258 g/mol. The van der Waals surface area contributed by atoms with Crippen molar-refractivity contribution in [3.05, 3.63) is 46.0 Å². The molecule has 0 radical (unpaired) electrons. The van der Waals surface area contributed by atoms with Gasteiger partial charge in [0.2, 0.25) is 0 Å². The maximum Gasteiger partial charge on any atom is 0.256 e. The van der Waals surface area contributed by atoms with E-state index < -0.39 is 0 Å². The zero-order chi connectivity index (χ0) is 14.4. The molecule has 0 saturated carbocycles. The first-order chi connectivity index (χ1) is 8.59. The van der Waals surface area contributed by atoms with E-state index in [9.17, 15) is 4.79 Å². The van der Waals surface area contributed by atoms with Crippen molar-refractivity contribution in [3.63, 3.8) is 0 Å². The van der Waals surface area contributed by atoms with Gasteiger partial charge < -0.3 is 0 Å². The van der Waals surface area contributed by atoms with E-state index in [-0.39, 0.29) is 16.4 Å². The van der Waals surface area contributed by atoms with Crippen molar-refractivity contribution in [2.24, 2.45) is 0 Å². The maximum atomic E-state index is 12.1.